The normalized spacial score (nSPS) is 13.8. The molecule has 0 spiro atoms. The number of hydrogen-bond donors (Lipinski definition) is 1. The van der Waals surface area contributed by atoms with Gasteiger partial charge in [0.2, 0.25) is 0 Å². The molecule has 0 fully saturated rings. The molecular weight excluding hydrogens is 412 g/mol. The number of ether oxygens (including phenoxy) is 1. The molecule has 0 unspecified atom stereocenters. The van der Waals surface area contributed by atoms with E-state index in [1.165, 1.54) is 4.90 Å². The second-order valence-corrected chi connectivity index (χ2v) is 8.65. The predicted octanol–water partition coefficient (Wildman–Crippen LogP) is 5.42. The van der Waals surface area contributed by atoms with Crippen LogP contribution in [0, 0.1) is 12.8 Å². The smallest absolute Gasteiger partial charge is 0.278 e. The molecule has 0 aromatic heterocycles. The Hall–Kier alpha value is -3.86. The summed E-state index contributed by atoms with van der Waals surface area (Å²) >= 11 is 0. The number of carbonyl (C=O) groups excluding carboxylic acids is 2. The van der Waals surface area contributed by atoms with E-state index >= 15 is 0 Å². The molecule has 33 heavy (non-hydrogen) atoms. The molecule has 4 rings (SSSR count). The third-order valence-corrected chi connectivity index (χ3v) is 5.40. The van der Waals surface area contributed by atoms with Crippen LogP contribution in [0.3, 0.4) is 0 Å². The van der Waals surface area contributed by atoms with Crippen molar-refractivity contribution in [3.63, 3.8) is 0 Å². The Kier molecular flexibility index (Phi) is 6.59. The third kappa shape index (κ3) is 5.14. The van der Waals surface area contributed by atoms with Crippen molar-refractivity contribution in [1.29, 1.82) is 0 Å². The molecule has 5 nitrogen and oxygen atoms in total. The first-order valence-electron chi connectivity index (χ1n) is 11.1. The number of hydrogen-bond acceptors (Lipinski definition) is 4. The summed E-state index contributed by atoms with van der Waals surface area (Å²) in [6, 6.07) is 24.6. The van der Waals surface area contributed by atoms with Gasteiger partial charge in [0.1, 0.15) is 11.4 Å². The van der Waals surface area contributed by atoms with Gasteiger partial charge in [0, 0.05) is 5.69 Å². The monoisotopic (exact) mass is 440 g/mol. The SMILES string of the molecule is Cc1ccc(NC2=C(c3ccc(OCC(C)C)cc3)C(=O)N(Cc3ccccc3)C2=O)cc1. The minimum absolute atomic E-state index is 0.219. The average Bonchev–Trinajstić information content (AvgIpc) is 3.04. The van der Waals surface area contributed by atoms with E-state index in [0.29, 0.717) is 23.7 Å². The zero-order valence-electron chi connectivity index (χ0n) is 19.2. The Bertz CT molecular complexity index is 1160. The Balaban J connectivity index is 1.67. The summed E-state index contributed by atoms with van der Waals surface area (Å²) in [5.74, 6) is 0.506. The molecule has 1 aliphatic rings. The maximum absolute atomic E-state index is 13.5. The van der Waals surface area contributed by atoms with Crippen LogP contribution in [0.2, 0.25) is 0 Å². The van der Waals surface area contributed by atoms with E-state index in [9.17, 15) is 9.59 Å². The number of anilines is 1. The number of nitrogens with zero attached hydrogens (tertiary/aromatic N) is 1. The lowest BCUT2D eigenvalue weighted by atomic mass is 10.0. The highest BCUT2D eigenvalue weighted by Gasteiger charge is 2.39. The van der Waals surface area contributed by atoms with Gasteiger partial charge in [-0.05, 0) is 48.2 Å². The van der Waals surface area contributed by atoms with Crippen molar-refractivity contribution >= 4 is 23.1 Å². The van der Waals surface area contributed by atoms with Crippen molar-refractivity contribution in [3.8, 4) is 5.75 Å². The van der Waals surface area contributed by atoms with Crippen LogP contribution in [0.5, 0.6) is 5.75 Å². The topological polar surface area (TPSA) is 58.6 Å². The number of carbonyl (C=O) groups is 2. The fourth-order valence-electron chi connectivity index (χ4n) is 3.63. The Morgan fingerprint density at radius 3 is 2.15 bits per heavy atom. The molecule has 5 heteroatoms. The van der Waals surface area contributed by atoms with Gasteiger partial charge in [-0.3, -0.25) is 14.5 Å². The molecule has 0 atom stereocenters. The fraction of sp³-hybridized carbons (Fsp3) is 0.214. The first-order valence-corrected chi connectivity index (χ1v) is 11.1. The zero-order chi connectivity index (χ0) is 23.4. The maximum atomic E-state index is 13.5. The van der Waals surface area contributed by atoms with E-state index in [0.717, 1.165) is 22.6 Å². The summed E-state index contributed by atoms with van der Waals surface area (Å²) in [5.41, 5.74) is 4.10. The molecular formula is C28H28N2O3. The lowest BCUT2D eigenvalue weighted by Gasteiger charge is -2.15. The van der Waals surface area contributed by atoms with E-state index in [1.807, 2.05) is 85.8 Å². The molecule has 168 valence electrons. The molecule has 2 amide bonds. The van der Waals surface area contributed by atoms with Crippen molar-refractivity contribution in [1.82, 2.24) is 4.90 Å². The highest BCUT2D eigenvalue weighted by molar-refractivity contribution is 6.36. The summed E-state index contributed by atoms with van der Waals surface area (Å²) in [6.07, 6.45) is 0. The van der Waals surface area contributed by atoms with E-state index < -0.39 is 0 Å². The highest BCUT2D eigenvalue weighted by atomic mass is 16.5. The zero-order valence-corrected chi connectivity index (χ0v) is 19.2. The summed E-state index contributed by atoms with van der Waals surface area (Å²) in [6.45, 7) is 7.02. The molecule has 0 saturated carbocycles. The standard InChI is InChI=1S/C28H28N2O3/c1-19(2)18-33-24-15-11-22(12-16-24)25-26(29-23-13-9-20(3)10-14-23)28(32)30(27(25)31)17-21-7-5-4-6-8-21/h4-16,19,29H,17-18H2,1-3H3. The van der Waals surface area contributed by atoms with Crippen molar-refractivity contribution < 1.29 is 14.3 Å². The van der Waals surface area contributed by atoms with E-state index in [2.05, 4.69) is 19.2 Å². The van der Waals surface area contributed by atoms with Crippen LogP contribution in [0.1, 0.15) is 30.5 Å². The molecule has 1 N–H and O–H groups in total. The maximum Gasteiger partial charge on any atom is 0.278 e. The van der Waals surface area contributed by atoms with Gasteiger partial charge in [-0.2, -0.15) is 0 Å². The van der Waals surface area contributed by atoms with Gasteiger partial charge in [0.15, 0.2) is 0 Å². The van der Waals surface area contributed by atoms with Crippen molar-refractivity contribution in [2.24, 2.45) is 5.92 Å². The Morgan fingerprint density at radius 2 is 1.52 bits per heavy atom. The molecule has 1 heterocycles. The molecule has 3 aromatic rings. The van der Waals surface area contributed by atoms with Crippen molar-refractivity contribution in [2.45, 2.75) is 27.3 Å². The van der Waals surface area contributed by atoms with Crippen LogP contribution in [0.15, 0.2) is 84.6 Å². The van der Waals surface area contributed by atoms with Gasteiger partial charge < -0.3 is 10.1 Å². The number of amides is 2. The average molecular weight is 441 g/mol. The van der Waals surface area contributed by atoms with Crippen LogP contribution in [-0.4, -0.2) is 23.3 Å². The summed E-state index contributed by atoms with van der Waals surface area (Å²) in [5, 5.41) is 3.20. The van der Waals surface area contributed by atoms with Gasteiger partial charge in [0.05, 0.1) is 18.7 Å². The lowest BCUT2D eigenvalue weighted by Crippen LogP contribution is -2.31. The Labute approximate surface area is 194 Å². The van der Waals surface area contributed by atoms with E-state index in [-0.39, 0.29) is 24.1 Å². The number of nitrogens with one attached hydrogen (secondary N) is 1. The van der Waals surface area contributed by atoms with Crippen LogP contribution in [0.25, 0.3) is 5.57 Å². The number of rotatable bonds is 8. The molecule has 0 saturated heterocycles. The number of aryl methyl sites for hydroxylation is 1. The van der Waals surface area contributed by atoms with Crippen LogP contribution >= 0.6 is 0 Å². The molecule has 3 aromatic carbocycles. The van der Waals surface area contributed by atoms with Gasteiger partial charge in [-0.1, -0.05) is 74.0 Å². The second-order valence-electron chi connectivity index (χ2n) is 8.65. The Morgan fingerprint density at radius 1 is 0.848 bits per heavy atom. The largest absolute Gasteiger partial charge is 0.493 e. The van der Waals surface area contributed by atoms with Gasteiger partial charge in [-0.15, -0.1) is 0 Å². The van der Waals surface area contributed by atoms with E-state index in [4.69, 9.17) is 4.74 Å². The van der Waals surface area contributed by atoms with Crippen molar-refractivity contribution in [2.75, 3.05) is 11.9 Å². The van der Waals surface area contributed by atoms with Gasteiger partial charge in [0.25, 0.3) is 11.8 Å². The minimum Gasteiger partial charge on any atom is -0.493 e. The highest BCUT2D eigenvalue weighted by Crippen LogP contribution is 2.32. The molecule has 0 bridgehead atoms. The predicted molar refractivity (Wildman–Crippen MR) is 130 cm³/mol. The third-order valence-electron chi connectivity index (χ3n) is 5.40. The first kappa shape index (κ1) is 22.3. The van der Waals surface area contributed by atoms with Gasteiger partial charge >= 0.3 is 0 Å². The molecule has 1 aliphatic heterocycles. The number of imide groups is 1. The molecule has 0 radical (unpaired) electrons. The molecule has 0 aliphatic carbocycles. The second kappa shape index (κ2) is 9.74. The fourth-order valence-corrected chi connectivity index (χ4v) is 3.63. The lowest BCUT2D eigenvalue weighted by molar-refractivity contribution is -0.137. The summed E-state index contributed by atoms with van der Waals surface area (Å²) in [4.78, 5) is 28.1. The summed E-state index contributed by atoms with van der Waals surface area (Å²) < 4.78 is 5.77. The first-order chi connectivity index (χ1) is 15.9. The van der Waals surface area contributed by atoms with Gasteiger partial charge in [-0.25, -0.2) is 0 Å². The number of benzene rings is 3. The van der Waals surface area contributed by atoms with Crippen molar-refractivity contribution in [3.05, 3.63) is 101 Å². The quantitative estimate of drug-likeness (QED) is 0.475. The minimum atomic E-state index is -0.334. The van der Waals surface area contributed by atoms with Crippen LogP contribution in [-0.2, 0) is 16.1 Å². The van der Waals surface area contributed by atoms with Crippen LogP contribution < -0.4 is 10.1 Å². The van der Waals surface area contributed by atoms with E-state index in [1.54, 1.807) is 0 Å². The van der Waals surface area contributed by atoms with Crippen LogP contribution in [0.4, 0.5) is 5.69 Å². The summed E-state index contributed by atoms with van der Waals surface area (Å²) in [7, 11) is 0.